The molecule has 1 fully saturated rings. The summed E-state index contributed by atoms with van der Waals surface area (Å²) >= 11 is 0. The number of amides is 1. The van der Waals surface area contributed by atoms with Gasteiger partial charge in [0, 0.05) is 12.7 Å². The molecule has 128 valence electrons. The molecule has 0 bridgehead atoms. The molecule has 0 N–H and O–H groups in total. The van der Waals surface area contributed by atoms with Crippen molar-refractivity contribution in [2.24, 2.45) is 0 Å². The molecule has 1 aliphatic rings. The largest absolute Gasteiger partial charge is 0.336 e. The number of hydrogen-bond donors (Lipinski definition) is 0. The predicted molar refractivity (Wildman–Crippen MR) is 90.8 cm³/mol. The second kappa shape index (κ2) is 6.46. The maximum atomic E-state index is 12.9. The van der Waals surface area contributed by atoms with E-state index in [9.17, 15) is 9.59 Å². The van der Waals surface area contributed by atoms with Crippen molar-refractivity contribution in [3.63, 3.8) is 0 Å². The SMILES string of the molecule is O=C(Cn1c(=O)cnc2ccccc21)N1CCC[C@H]1Cn1ccnn1. The summed E-state index contributed by atoms with van der Waals surface area (Å²) in [6, 6.07) is 7.43. The van der Waals surface area contributed by atoms with Gasteiger partial charge in [-0.1, -0.05) is 17.3 Å². The summed E-state index contributed by atoms with van der Waals surface area (Å²) in [6.45, 7) is 1.35. The fraction of sp³-hybridized carbons (Fsp3) is 0.353. The van der Waals surface area contributed by atoms with Gasteiger partial charge in [0.05, 0.1) is 36.0 Å². The molecule has 0 spiro atoms. The molecule has 3 heterocycles. The maximum absolute atomic E-state index is 12.9. The van der Waals surface area contributed by atoms with E-state index in [1.807, 2.05) is 29.2 Å². The zero-order valence-electron chi connectivity index (χ0n) is 13.7. The summed E-state index contributed by atoms with van der Waals surface area (Å²) in [5.74, 6) is -0.0546. The molecule has 3 aromatic rings. The topological polar surface area (TPSA) is 85.9 Å². The van der Waals surface area contributed by atoms with E-state index in [-0.39, 0.29) is 24.1 Å². The first-order valence-electron chi connectivity index (χ1n) is 8.30. The lowest BCUT2D eigenvalue weighted by atomic mass is 10.2. The Bertz CT molecular complexity index is 949. The molecule has 8 heteroatoms. The van der Waals surface area contributed by atoms with E-state index in [4.69, 9.17) is 0 Å². The normalized spacial score (nSPS) is 17.3. The lowest BCUT2D eigenvalue weighted by Gasteiger charge is -2.25. The predicted octanol–water partition coefficient (Wildman–Crippen LogP) is 0.679. The first-order valence-corrected chi connectivity index (χ1v) is 8.30. The van der Waals surface area contributed by atoms with E-state index in [1.165, 1.54) is 10.8 Å². The Morgan fingerprint density at radius 2 is 2.16 bits per heavy atom. The van der Waals surface area contributed by atoms with E-state index < -0.39 is 0 Å². The van der Waals surface area contributed by atoms with Crippen molar-refractivity contribution < 1.29 is 4.79 Å². The number of fused-ring (bicyclic) bond motifs is 1. The Morgan fingerprint density at radius 3 is 3.00 bits per heavy atom. The van der Waals surface area contributed by atoms with Gasteiger partial charge >= 0.3 is 0 Å². The van der Waals surface area contributed by atoms with Gasteiger partial charge in [-0.05, 0) is 25.0 Å². The van der Waals surface area contributed by atoms with Crippen LogP contribution in [0.25, 0.3) is 11.0 Å². The number of para-hydroxylation sites is 2. The molecule has 1 saturated heterocycles. The number of hydrogen-bond acceptors (Lipinski definition) is 5. The number of carbonyl (C=O) groups is 1. The van der Waals surface area contributed by atoms with Crippen LogP contribution in [0.5, 0.6) is 0 Å². The molecule has 0 radical (unpaired) electrons. The third-order valence-corrected chi connectivity index (χ3v) is 4.61. The number of likely N-dealkylation sites (tertiary alicyclic amines) is 1. The standard InChI is InChI=1S/C17H18N6O2/c24-16-10-18-14-5-1-2-6-15(14)23(16)12-17(25)22-8-3-4-13(22)11-21-9-7-19-20-21/h1-2,5-7,9-10,13H,3-4,8,11-12H2/t13-/m0/s1. The Balaban J connectivity index is 1.57. The maximum Gasteiger partial charge on any atom is 0.269 e. The van der Waals surface area contributed by atoms with E-state index in [0.717, 1.165) is 12.8 Å². The monoisotopic (exact) mass is 338 g/mol. The van der Waals surface area contributed by atoms with Crippen molar-refractivity contribution in [3.8, 4) is 0 Å². The Hall–Kier alpha value is -3.03. The number of nitrogens with zero attached hydrogens (tertiary/aromatic N) is 6. The van der Waals surface area contributed by atoms with Crippen LogP contribution in [0.2, 0.25) is 0 Å². The average molecular weight is 338 g/mol. The van der Waals surface area contributed by atoms with Gasteiger partial charge in [-0.3, -0.25) is 18.8 Å². The van der Waals surface area contributed by atoms with Crippen molar-refractivity contribution in [3.05, 3.63) is 53.2 Å². The summed E-state index contributed by atoms with van der Waals surface area (Å²) in [5.41, 5.74) is 1.12. The second-order valence-electron chi connectivity index (χ2n) is 6.18. The summed E-state index contributed by atoms with van der Waals surface area (Å²) in [5, 5.41) is 7.78. The highest BCUT2D eigenvalue weighted by molar-refractivity contribution is 5.80. The summed E-state index contributed by atoms with van der Waals surface area (Å²) < 4.78 is 3.24. The molecule has 2 aromatic heterocycles. The van der Waals surface area contributed by atoms with Gasteiger partial charge < -0.3 is 4.90 Å². The van der Waals surface area contributed by atoms with Crippen molar-refractivity contribution >= 4 is 16.9 Å². The van der Waals surface area contributed by atoms with Crippen molar-refractivity contribution in [1.29, 1.82) is 0 Å². The van der Waals surface area contributed by atoms with E-state index in [0.29, 0.717) is 24.1 Å². The van der Waals surface area contributed by atoms with Crippen LogP contribution < -0.4 is 5.56 Å². The highest BCUT2D eigenvalue weighted by atomic mass is 16.2. The molecule has 4 rings (SSSR count). The van der Waals surface area contributed by atoms with Gasteiger partial charge in [0.25, 0.3) is 5.56 Å². The van der Waals surface area contributed by atoms with Crippen LogP contribution in [-0.4, -0.2) is 47.9 Å². The quantitative estimate of drug-likeness (QED) is 0.698. The Kier molecular flexibility index (Phi) is 4.01. The third-order valence-electron chi connectivity index (χ3n) is 4.61. The first kappa shape index (κ1) is 15.5. The first-order chi connectivity index (χ1) is 12.2. The molecule has 0 aliphatic carbocycles. The number of rotatable bonds is 4. The molecule has 8 nitrogen and oxygen atoms in total. The minimum atomic E-state index is -0.265. The van der Waals surface area contributed by atoms with E-state index >= 15 is 0 Å². The van der Waals surface area contributed by atoms with E-state index in [2.05, 4.69) is 15.3 Å². The van der Waals surface area contributed by atoms with Gasteiger partial charge in [-0.15, -0.1) is 5.10 Å². The number of aromatic nitrogens is 5. The second-order valence-corrected chi connectivity index (χ2v) is 6.18. The molecule has 1 aromatic carbocycles. The minimum Gasteiger partial charge on any atom is -0.336 e. The van der Waals surface area contributed by atoms with Crippen LogP contribution in [0.4, 0.5) is 0 Å². The zero-order chi connectivity index (χ0) is 17.2. The van der Waals surface area contributed by atoms with Gasteiger partial charge in [0.1, 0.15) is 6.54 Å². The molecule has 1 atom stereocenters. The lowest BCUT2D eigenvalue weighted by Crippen LogP contribution is -2.41. The Labute approximate surface area is 143 Å². The summed E-state index contributed by atoms with van der Waals surface area (Å²) in [4.78, 5) is 31.1. The summed E-state index contributed by atoms with van der Waals surface area (Å²) in [6.07, 6.45) is 6.58. The molecule has 25 heavy (non-hydrogen) atoms. The van der Waals surface area contributed by atoms with Gasteiger partial charge in [-0.2, -0.15) is 0 Å². The fourth-order valence-corrected chi connectivity index (χ4v) is 3.40. The third kappa shape index (κ3) is 3.02. The molecule has 1 amide bonds. The van der Waals surface area contributed by atoms with Crippen LogP contribution in [-0.2, 0) is 17.9 Å². The van der Waals surface area contributed by atoms with Crippen LogP contribution in [0.3, 0.4) is 0 Å². The molecule has 0 unspecified atom stereocenters. The van der Waals surface area contributed by atoms with Crippen LogP contribution in [0.1, 0.15) is 12.8 Å². The van der Waals surface area contributed by atoms with Gasteiger partial charge in [0.2, 0.25) is 5.91 Å². The average Bonchev–Trinajstić information content (AvgIpc) is 3.30. The van der Waals surface area contributed by atoms with Crippen LogP contribution in [0.15, 0.2) is 47.7 Å². The zero-order valence-corrected chi connectivity index (χ0v) is 13.7. The minimum absolute atomic E-state index is 0.0235. The van der Waals surface area contributed by atoms with Gasteiger partial charge in [0.15, 0.2) is 0 Å². The van der Waals surface area contributed by atoms with Crippen molar-refractivity contribution in [2.45, 2.75) is 32.0 Å². The van der Waals surface area contributed by atoms with Crippen LogP contribution in [0, 0.1) is 0 Å². The summed E-state index contributed by atoms with van der Waals surface area (Å²) in [7, 11) is 0. The molecular formula is C17H18N6O2. The lowest BCUT2D eigenvalue weighted by molar-refractivity contribution is -0.132. The fourth-order valence-electron chi connectivity index (χ4n) is 3.40. The van der Waals surface area contributed by atoms with Crippen molar-refractivity contribution in [2.75, 3.05) is 6.54 Å². The molecule has 0 saturated carbocycles. The number of benzene rings is 1. The highest BCUT2D eigenvalue weighted by Crippen LogP contribution is 2.19. The Morgan fingerprint density at radius 1 is 1.28 bits per heavy atom. The van der Waals surface area contributed by atoms with Gasteiger partial charge in [-0.25, -0.2) is 4.98 Å². The molecular weight excluding hydrogens is 320 g/mol. The number of carbonyl (C=O) groups excluding carboxylic acids is 1. The highest BCUT2D eigenvalue weighted by Gasteiger charge is 2.29. The van der Waals surface area contributed by atoms with Crippen LogP contribution >= 0.6 is 0 Å². The smallest absolute Gasteiger partial charge is 0.269 e. The van der Waals surface area contributed by atoms with E-state index in [1.54, 1.807) is 17.1 Å². The molecule has 1 aliphatic heterocycles. The van der Waals surface area contributed by atoms with Crippen molar-refractivity contribution in [1.82, 2.24) is 29.4 Å².